The molecule has 2 atom stereocenters. The topological polar surface area (TPSA) is 46.5 Å². The number of hydrogen-bond donors (Lipinski definition) is 1. The van der Waals surface area contributed by atoms with E-state index in [0.717, 1.165) is 23.1 Å². The number of ether oxygens (including phenoxy) is 1. The minimum atomic E-state index is -0.793. The van der Waals surface area contributed by atoms with Gasteiger partial charge in [-0.3, -0.25) is 4.79 Å². The first kappa shape index (κ1) is 15.7. The van der Waals surface area contributed by atoms with Gasteiger partial charge in [-0.25, -0.2) is 0 Å². The highest BCUT2D eigenvalue weighted by Gasteiger charge is 2.29. The molecule has 0 radical (unpaired) electrons. The summed E-state index contributed by atoms with van der Waals surface area (Å²) in [7, 11) is 0. The maximum atomic E-state index is 12.0. The van der Waals surface area contributed by atoms with Crippen molar-refractivity contribution in [3.05, 3.63) is 34.9 Å². The number of aliphatic hydroxyl groups excluding tert-OH is 1. The summed E-state index contributed by atoms with van der Waals surface area (Å²) in [5.74, 6) is -0.789. The van der Waals surface area contributed by atoms with Gasteiger partial charge in [-0.2, -0.15) is 0 Å². The van der Waals surface area contributed by atoms with Gasteiger partial charge in [0.15, 0.2) is 0 Å². The molecule has 1 aromatic carbocycles. The Kier molecular flexibility index (Phi) is 6.03. The van der Waals surface area contributed by atoms with Gasteiger partial charge in [-0.15, -0.1) is 0 Å². The van der Waals surface area contributed by atoms with Crippen LogP contribution in [0.4, 0.5) is 0 Å². The summed E-state index contributed by atoms with van der Waals surface area (Å²) in [4.78, 5) is 12.0. The summed E-state index contributed by atoms with van der Waals surface area (Å²) in [5, 5.41) is 10.5. The zero-order valence-electron chi connectivity index (χ0n) is 12.3. The van der Waals surface area contributed by atoms with Gasteiger partial charge in [0.2, 0.25) is 0 Å². The summed E-state index contributed by atoms with van der Waals surface area (Å²) < 4.78 is 5.07. The molecule has 0 aliphatic heterocycles. The van der Waals surface area contributed by atoms with Crippen molar-refractivity contribution in [2.75, 3.05) is 6.61 Å². The Morgan fingerprint density at radius 3 is 2.58 bits per heavy atom. The molecule has 0 amide bonds. The monoisotopic (exact) mass is 264 g/mol. The highest BCUT2D eigenvalue weighted by molar-refractivity contribution is 5.73. The van der Waals surface area contributed by atoms with Crippen molar-refractivity contribution in [3.63, 3.8) is 0 Å². The summed E-state index contributed by atoms with van der Waals surface area (Å²) >= 11 is 0. The van der Waals surface area contributed by atoms with Crippen LogP contribution in [-0.4, -0.2) is 17.7 Å². The molecule has 0 aliphatic rings. The van der Waals surface area contributed by atoms with E-state index in [0.29, 0.717) is 13.0 Å². The third-order valence-electron chi connectivity index (χ3n) is 3.32. The largest absolute Gasteiger partial charge is 0.466 e. The van der Waals surface area contributed by atoms with Gasteiger partial charge in [0.25, 0.3) is 0 Å². The average molecular weight is 264 g/mol. The lowest BCUT2D eigenvalue weighted by molar-refractivity contribution is -0.152. The molecule has 0 fully saturated rings. The van der Waals surface area contributed by atoms with Crippen LogP contribution in [0.5, 0.6) is 0 Å². The minimum Gasteiger partial charge on any atom is -0.466 e. The van der Waals surface area contributed by atoms with Crippen molar-refractivity contribution >= 4 is 5.97 Å². The number of rotatable bonds is 6. The molecule has 2 unspecified atom stereocenters. The van der Waals surface area contributed by atoms with E-state index in [-0.39, 0.29) is 5.97 Å². The highest BCUT2D eigenvalue weighted by Crippen LogP contribution is 2.29. The molecule has 0 saturated heterocycles. The zero-order chi connectivity index (χ0) is 14.4. The predicted molar refractivity (Wildman–Crippen MR) is 75.9 cm³/mol. The van der Waals surface area contributed by atoms with Crippen molar-refractivity contribution < 1.29 is 14.6 Å². The quantitative estimate of drug-likeness (QED) is 0.802. The smallest absolute Gasteiger partial charge is 0.311 e. The lowest BCUT2D eigenvalue weighted by Crippen LogP contribution is -2.25. The van der Waals surface area contributed by atoms with Crippen LogP contribution in [0.15, 0.2) is 18.2 Å². The average Bonchev–Trinajstić information content (AvgIpc) is 2.38. The number of aliphatic hydroxyl groups is 1. The first-order valence-electron chi connectivity index (χ1n) is 6.93. The Bertz CT molecular complexity index is 426. The molecule has 3 heteroatoms. The second-order valence-electron chi connectivity index (χ2n) is 4.95. The maximum Gasteiger partial charge on any atom is 0.311 e. The van der Waals surface area contributed by atoms with Crippen LogP contribution >= 0.6 is 0 Å². The molecule has 19 heavy (non-hydrogen) atoms. The van der Waals surface area contributed by atoms with Crippen LogP contribution in [0.3, 0.4) is 0 Å². The molecule has 1 rings (SSSR count). The van der Waals surface area contributed by atoms with Crippen LogP contribution in [0.2, 0.25) is 0 Å². The van der Waals surface area contributed by atoms with Crippen molar-refractivity contribution in [1.29, 1.82) is 0 Å². The van der Waals surface area contributed by atoms with E-state index in [4.69, 9.17) is 4.74 Å². The van der Waals surface area contributed by atoms with E-state index >= 15 is 0 Å². The van der Waals surface area contributed by atoms with Gasteiger partial charge in [0, 0.05) is 0 Å². The molecule has 0 saturated carbocycles. The first-order chi connectivity index (χ1) is 9.01. The fourth-order valence-electron chi connectivity index (χ4n) is 2.26. The Morgan fingerprint density at radius 1 is 1.32 bits per heavy atom. The van der Waals surface area contributed by atoms with E-state index in [1.54, 1.807) is 6.92 Å². The van der Waals surface area contributed by atoms with Crippen LogP contribution < -0.4 is 0 Å². The Hall–Kier alpha value is -1.35. The van der Waals surface area contributed by atoms with Crippen LogP contribution in [-0.2, 0) is 9.53 Å². The highest BCUT2D eigenvalue weighted by atomic mass is 16.5. The number of benzene rings is 1. The van der Waals surface area contributed by atoms with Gasteiger partial charge in [-0.05, 0) is 38.3 Å². The summed E-state index contributed by atoms with van der Waals surface area (Å²) in [6, 6.07) is 5.93. The second-order valence-corrected chi connectivity index (χ2v) is 4.95. The Morgan fingerprint density at radius 2 is 2.00 bits per heavy atom. The van der Waals surface area contributed by atoms with Gasteiger partial charge in [0.1, 0.15) is 0 Å². The third-order valence-corrected chi connectivity index (χ3v) is 3.32. The van der Waals surface area contributed by atoms with E-state index in [1.807, 2.05) is 39.0 Å². The molecule has 106 valence electrons. The van der Waals surface area contributed by atoms with Crippen molar-refractivity contribution in [3.8, 4) is 0 Å². The number of carbonyl (C=O) groups excluding carboxylic acids is 1. The summed E-state index contributed by atoms with van der Waals surface area (Å²) in [6.45, 7) is 8.06. The zero-order valence-corrected chi connectivity index (χ0v) is 12.3. The van der Waals surface area contributed by atoms with Gasteiger partial charge < -0.3 is 9.84 Å². The summed E-state index contributed by atoms with van der Waals surface area (Å²) in [6.07, 6.45) is 0.678. The SMILES string of the molecule is CCCC(C(=O)OCC)C(O)c1cc(C)ccc1C. The predicted octanol–water partition coefficient (Wildman–Crippen LogP) is 3.32. The Balaban J connectivity index is 3.01. The number of hydrogen-bond acceptors (Lipinski definition) is 3. The normalized spacial score (nSPS) is 13.9. The summed E-state index contributed by atoms with van der Waals surface area (Å²) in [5.41, 5.74) is 2.91. The molecule has 3 nitrogen and oxygen atoms in total. The molecule has 0 bridgehead atoms. The number of aryl methyl sites for hydroxylation is 2. The molecule has 0 aromatic heterocycles. The van der Waals surface area contributed by atoms with Crippen molar-refractivity contribution in [2.24, 2.45) is 5.92 Å². The van der Waals surface area contributed by atoms with Crippen LogP contribution in [0.1, 0.15) is 49.5 Å². The van der Waals surface area contributed by atoms with Crippen LogP contribution in [0.25, 0.3) is 0 Å². The van der Waals surface area contributed by atoms with Gasteiger partial charge in [-0.1, -0.05) is 37.1 Å². The lowest BCUT2D eigenvalue weighted by atomic mass is 9.89. The molecule has 0 aliphatic carbocycles. The van der Waals surface area contributed by atoms with E-state index in [2.05, 4.69) is 0 Å². The maximum absolute atomic E-state index is 12.0. The molecule has 1 aromatic rings. The second kappa shape index (κ2) is 7.29. The fourth-order valence-corrected chi connectivity index (χ4v) is 2.26. The first-order valence-corrected chi connectivity index (χ1v) is 6.93. The third kappa shape index (κ3) is 4.06. The van der Waals surface area contributed by atoms with E-state index < -0.39 is 12.0 Å². The Labute approximate surface area is 115 Å². The standard InChI is InChI=1S/C16H24O3/c1-5-7-13(16(18)19-6-2)15(17)14-10-11(3)8-9-12(14)4/h8-10,13,15,17H,5-7H2,1-4H3. The van der Waals surface area contributed by atoms with Crippen molar-refractivity contribution in [2.45, 2.75) is 46.6 Å². The number of carbonyl (C=O) groups is 1. The fraction of sp³-hybridized carbons (Fsp3) is 0.562. The lowest BCUT2D eigenvalue weighted by Gasteiger charge is -2.23. The van der Waals surface area contributed by atoms with Gasteiger partial charge in [0.05, 0.1) is 18.6 Å². The molecule has 0 heterocycles. The van der Waals surface area contributed by atoms with Crippen LogP contribution in [0, 0.1) is 19.8 Å². The molecule has 0 spiro atoms. The molecular formula is C16H24O3. The molecule has 1 N–H and O–H groups in total. The van der Waals surface area contributed by atoms with E-state index in [9.17, 15) is 9.90 Å². The molecular weight excluding hydrogens is 240 g/mol. The van der Waals surface area contributed by atoms with Gasteiger partial charge >= 0.3 is 5.97 Å². The number of esters is 1. The van der Waals surface area contributed by atoms with Crippen molar-refractivity contribution in [1.82, 2.24) is 0 Å². The van der Waals surface area contributed by atoms with E-state index in [1.165, 1.54) is 0 Å². The minimum absolute atomic E-state index is 0.308.